The van der Waals surface area contributed by atoms with Gasteiger partial charge in [-0.25, -0.2) is 17.5 Å². The summed E-state index contributed by atoms with van der Waals surface area (Å²) in [6.07, 6.45) is 2.29. The van der Waals surface area contributed by atoms with Crippen LogP contribution in [0.25, 0.3) is 0 Å². The Kier molecular flexibility index (Phi) is 5.09. The van der Waals surface area contributed by atoms with E-state index in [1.54, 1.807) is 0 Å². The van der Waals surface area contributed by atoms with E-state index < -0.39 is 15.8 Å². The maximum atomic E-state index is 13.7. The largest absolute Gasteiger partial charge is 0.392 e. The number of hydrogen-bond acceptors (Lipinski definition) is 4. The van der Waals surface area contributed by atoms with Gasteiger partial charge >= 0.3 is 0 Å². The number of benzene rings is 1. The van der Waals surface area contributed by atoms with Crippen LogP contribution in [0.2, 0.25) is 0 Å². The number of nitrogens with zero attached hydrogens (tertiary/aromatic N) is 1. The van der Waals surface area contributed by atoms with Gasteiger partial charge in [-0.05, 0) is 43.6 Å². The molecule has 112 valence electrons. The van der Waals surface area contributed by atoms with Crippen molar-refractivity contribution in [3.63, 3.8) is 0 Å². The third kappa shape index (κ3) is 3.76. The first-order chi connectivity index (χ1) is 9.53. The van der Waals surface area contributed by atoms with Gasteiger partial charge in [-0.1, -0.05) is 6.07 Å². The van der Waals surface area contributed by atoms with Crippen molar-refractivity contribution in [3.05, 3.63) is 29.6 Å². The molecule has 1 saturated heterocycles. The van der Waals surface area contributed by atoms with Gasteiger partial charge in [0.15, 0.2) is 0 Å². The van der Waals surface area contributed by atoms with Gasteiger partial charge in [0.1, 0.15) is 10.7 Å². The third-order valence-corrected chi connectivity index (χ3v) is 4.88. The van der Waals surface area contributed by atoms with E-state index in [0.717, 1.165) is 32.0 Å². The van der Waals surface area contributed by atoms with E-state index in [9.17, 15) is 12.8 Å². The maximum absolute atomic E-state index is 13.7. The summed E-state index contributed by atoms with van der Waals surface area (Å²) < 4.78 is 40.1. The smallest absolute Gasteiger partial charge is 0.243 e. The van der Waals surface area contributed by atoms with Crippen molar-refractivity contribution in [2.24, 2.45) is 0 Å². The molecular formula is C13H19FN2O3S. The van der Waals surface area contributed by atoms with Gasteiger partial charge in [-0.15, -0.1) is 0 Å². The van der Waals surface area contributed by atoms with Crippen LogP contribution in [0.1, 0.15) is 18.4 Å². The lowest BCUT2D eigenvalue weighted by molar-refractivity contribution is 0.281. The second-order valence-electron chi connectivity index (χ2n) is 4.87. The molecule has 1 fully saturated rings. The van der Waals surface area contributed by atoms with Crippen LogP contribution in [0.15, 0.2) is 23.1 Å². The number of likely N-dealkylation sites (tertiary alicyclic amines) is 1. The van der Waals surface area contributed by atoms with Gasteiger partial charge in [-0.2, -0.15) is 0 Å². The lowest BCUT2D eigenvalue weighted by Gasteiger charge is -2.15. The normalized spacial score (nSPS) is 16.7. The average Bonchev–Trinajstić information content (AvgIpc) is 2.91. The first-order valence-electron chi connectivity index (χ1n) is 6.64. The Morgan fingerprint density at radius 2 is 2.00 bits per heavy atom. The number of hydrogen-bond donors (Lipinski definition) is 2. The summed E-state index contributed by atoms with van der Waals surface area (Å²) >= 11 is 0. The highest BCUT2D eigenvalue weighted by Gasteiger charge is 2.19. The van der Waals surface area contributed by atoms with Gasteiger partial charge in [-0.3, -0.25) is 0 Å². The highest BCUT2D eigenvalue weighted by molar-refractivity contribution is 7.89. The summed E-state index contributed by atoms with van der Waals surface area (Å²) in [5, 5.41) is 8.88. The van der Waals surface area contributed by atoms with Crippen molar-refractivity contribution in [3.8, 4) is 0 Å². The molecule has 0 atom stereocenters. The summed E-state index contributed by atoms with van der Waals surface area (Å²) in [7, 11) is -3.84. The molecule has 7 heteroatoms. The van der Waals surface area contributed by atoms with Crippen LogP contribution < -0.4 is 4.72 Å². The fourth-order valence-corrected chi connectivity index (χ4v) is 3.36. The summed E-state index contributed by atoms with van der Waals surface area (Å²) in [4.78, 5) is 1.80. The molecule has 1 heterocycles. The van der Waals surface area contributed by atoms with Crippen LogP contribution in [-0.4, -0.2) is 44.6 Å². The van der Waals surface area contributed by atoms with Crippen LogP contribution in [0.4, 0.5) is 4.39 Å². The molecule has 0 aliphatic carbocycles. The van der Waals surface area contributed by atoms with E-state index in [4.69, 9.17) is 5.11 Å². The van der Waals surface area contributed by atoms with Gasteiger partial charge in [0, 0.05) is 13.1 Å². The molecule has 1 aromatic rings. The number of aliphatic hydroxyl groups is 1. The molecule has 2 N–H and O–H groups in total. The van der Waals surface area contributed by atoms with Crippen LogP contribution in [0, 0.1) is 5.82 Å². The zero-order chi connectivity index (χ0) is 14.6. The van der Waals surface area contributed by atoms with Gasteiger partial charge in [0.2, 0.25) is 10.0 Å². The van der Waals surface area contributed by atoms with Crippen molar-refractivity contribution in [2.45, 2.75) is 24.3 Å². The van der Waals surface area contributed by atoms with E-state index in [0.29, 0.717) is 12.1 Å². The highest BCUT2D eigenvalue weighted by Crippen LogP contribution is 2.16. The van der Waals surface area contributed by atoms with Crippen LogP contribution in [-0.2, 0) is 16.6 Å². The lowest BCUT2D eigenvalue weighted by atomic mass is 10.2. The minimum absolute atomic E-state index is 0.267. The Morgan fingerprint density at radius 1 is 1.30 bits per heavy atom. The highest BCUT2D eigenvalue weighted by atomic mass is 32.2. The lowest BCUT2D eigenvalue weighted by Crippen LogP contribution is -2.33. The molecule has 1 aromatic carbocycles. The van der Waals surface area contributed by atoms with Crippen molar-refractivity contribution in [1.29, 1.82) is 0 Å². The number of nitrogens with one attached hydrogen (secondary N) is 1. The Labute approximate surface area is 118 Å². The monoisotopic (exact) mass is 302 g/mol. The zero-order valence-electron chi connectivity index (χ0n) is 11.2. The zero-order valence-corrected chi connectivity index (χ0v) is 12.0. The minimum atomic E-state index is -3.84. The third-order valence-electron chi connectivity index (χ3n) is 3.39. The summed E-state index contributed by atoms with van der Waals surface area (Å²) in [5.74, 6) is -0.842. The number of aliphatic hydroxyl groups excluding tert-OH is 1. The molecule has 0 spiro atoms. The number of rotatable bonds is 6. The molecule has 0 amide bonds. The summed E-state index contributed by atoms with van der Waals surface area (Å²) in [5.41, 5.74) is 0.346. The first kappa shape index (κ1) is 15.4. The van der Waals surface area contributed by atoms with Crippen molar-refractivity contribution in [1.82, 2.24) is 9.62 Å². The first-order valence-corrected chi connectivity index (χ1v) is 8.12. The van der Waals surface area contributed by atoms with Crippen LogP contribution >= 0.6 is 0 Å². The van der Waals surface area contributed by atoms with E-state index in [-0.39, 0.29) is 18.0 Å². The molecule has 0 unspecified atom stereocenters. The topological polar surface area (TPSA) is 69.6 Å². The predicted octanol–water partition coefficient (Wildman–Crippen LogP) is 0.692. The average molecular weight is 302 g/mol. The number of halogens is 1. The molecule has 0 radical (unpaired) electrons. The quantitative estimate of drug-likeness (QED) is 0.811. The Hall–Kier alpha value is -1.02. The molecule has 20 heavy (non-hydrogen) atoms. The van der Waals surface area contributed by atoms with E-state index >= 15 is 0 Å². The van der Waals surface area contributed by atoms with E-state index in [1.807, 2.05) is 0 Å². The molecule has 1 aliphatic heterocycles. The Bertz CT molecular complexity index is 557. The number of sulfonamides is 1. The molecular weight excluding hydrogens is 283 g/mol. The molecule has 2 rings (SSSR count). The van der Waals surface area contributed by atoms with Crippen LogP contribution in [0.5, 0.6) is 0 Å². The fraction of sp³-hybridized carbons (Fsp3) is 0.538. The van der Waals surface area contributed by atoms with E-state index in [2.05, 4.69) is 9.62 Å². The van der Waals surface area contributed by atoms with Gasteiger partial charge < -0.3 is 10.0 Å². The van der Waals surface area contributed by atoms with Crippen molar-refractivity contribution >= 4 is 10.0 Å². The fourth-order valence-electron chi connectivity index (χ4n) is 2.28. The molecule has 0 saturated carbocycles. The predicted molar refractivity (Wildman–Crippen MR) is 73.2 cm³/mol. The summed E-state index contributed by atoms with van der Waals surface area (Å²) in [6.45, 7) is 2.56. The van der Waals surface area contributed by atoms with Gasteiger partial charge in [0.25, 0.3) is 0 Å². The maximum Gasteiger partial charge on any atom is 0.243 e. The molecule has 0 bridgehead atoms. The van der Waals surface area contributed by atoms with Crippen molar-refractivity contribution in [2.75, 3.05) is 26.2 Å². The van der Waals surface area contributed by atoms with Crippen molar-refractivity contribution < 1.29 is 17.9 Å². The SMILES string of the molecule is O=S(=O)(NCCN1CCCC1)c1ccc(CO)cc1F. The Morgan fingerprint density at radius 3 is 2.60 bits per heavy atom. The second kappa shape index (κ2) is 6.62. The summed E-state index contributed by atoms with van der Waals surface area (Å²) in [6, 6.07) is 3.62. The van der Waals surface area contributed by atoms with E-state index in [1.165, 1.54) is 12.1 Å². The Balaban J connectivity index is 1.98. The van der Waals surface area contributed by atoms with Crippen LogP contribution in [0.3, 0.4) is 0 Å². The standard InChI is InChI=1S/C13H19FN2O3S/c14-12-9-11(10-17)3-4-13(12)20(18,19)15-5-8-16-6-1-2-7-16/h3-4,9,15,17H,1-2,5-8,10H2. The van der Waals surface area contributed by atoms with Gasteiger partial charge in [0.05, 0.1) is 6.61 Å². The second-order valence-corrected chi connectivity index (χ2v) is 6.60. The molecule has 5 nitrogen and oxygen atoms in total. The molecule has 0 aromatic heterocycles. The molecule has 1 aliphatic rings. The minimum Gasteiger partial charge on any atom is -0.392 e.